The molecule has 2 rings (SSSR count). The van der Waals surface area contributed by atoms with E-state index in [9.17, 15) is 14.4 Å². The topological polar surface area (TPSA) is 88.1 Å². The lowest BCUT2D eigenvalue weighted by atomic mass is 10.2. The number of carbonyl (C=O) groups is 1. The van der Waals surface area contributed by atoms with Gasteiger partial charge in [0.05, 0.1) is 0 Å². The van der Waals surface area contributed by atoms with Gasteiger partial charge >= 0.3 is 11.7 Å². The van der Waals surface area contributed by atoms with Crippen molar-refractivity contribution in [2.75, 3.05) is 0 Å². The SMILES string of the molecule is Cn1c(=O)c2c(nc(CC(=O)OC(C)(C)C)n2C)n(C)c1=O. The van der Waals surface area contributed by atoms with Crippen molar-refractivity contribution in [2.24, 2.45) is 21.1 Å². The Morgan fingerprint density at radius 3 is 2.23 bits per heavy atom. The van der Waals surface area contributed by atoms with Gasteiger partial charge in [0.1, 0.15) is 17.8 Å². The lowest BCUT2D eigenvalue weighted by molar-refractivity contribution is -0.154. The van der Waals surface area contributed by atoms with Crippen LogP contribution in [0.15, 0.2) is 9.59 Å². The van der Waals surface area contributed by atoms with E-state index in [2.05, 4.69) is 4.98 Å². The zero-order valence-corrected chi connectivity index (χ0v) is 13.6. The molecule has 0 radical (unpaired) electrons. The highest BCUT2D eigenvalue weighted by molar-refractivity contribution is 5.76. The molecule has 120 valence electrons. The zero-order chi connectivity index (χ0) is 16.8. The van der Waals surface area contributed by atoms with Crippen LogP contribution in [0.2, 0.25) is 0 Å². The number of ether oxygens (including phenoxy) is 1. The minimum Gasteiger partial charge on any atom is -0.460 e. The number of rotatable bonds is 2. The van der Waals surface area contributed by atoms with Gasteiger partial charge in [-0.25, -0.2) is 9.78 Å². The number of esters is 1. The van der Waals surface area contributed by atoms with Crippen LogP contribution in [0.3, 0.4) is 0 Å². The number of nitrogens with zero attached hydrogens (tertiary/aromatic N) is 4. The van der Waals surface area contributed by atoms with E-state index in [1.807, 2.05) is 0 Å². The van der Waals surface area contributed by atoms with Gasteiger partial charge in [-0.2, -0.15) is 0 Å². The maximum Gasteiger partial charge on any atom is 0.332 e. The van der Waals surface area contributed by atoms with Crippen molar-refractivity contribution in [2.45, 2.75) is 32.8 Å². The molecule has 0 bridgehead atoms. The first kappa shape index (κ1) is 16.0. The van der Waals surface area contributed by atoms with Crippen molar-refractivity contribution in [1.29, 1.82) is 0 Å². The molecule has 8 nitrogen and oxygen atoms in total. The van der Waals surface area contributed by atoms with Gasteiger partial charge in [0, 0.05) is 21.1 Å². The van der Waals surface area contributed by atoms with Crippen LogP contribution < -0.4 is 11.2 Å². The summed E-state index contributed by atoms with van der Waals surface area (Å²) in [5.74, 6) is -0.0599. The molecule has 8 heteroatoms. The first-order valence-electron chi connectivity index (χ1n) is 6.86. The molecular weight excluding hydrogens is 288 g/mol. The lowest BCUT2D eigenvalue weighted by Gasteiger charge is -2.19. The standard InChI is InChI=1S/C14H20N4O4/c1-14(2,3)22-9(19)7-8-15-11-10(16(8)4)12(20)18(6)13(21)17(11)5/h7H2,1-6H3. The summed E-state index contributed by atoms with van der Waals surface area (Å²) in [4.78, 5) is 40.3. The summed E-state index contributed by atoms with van der Waals surface area (Å²) in [7, 11) is 4.58. The van der Waals surface area contributed by atoms with Gasteiger partial charge in [-0.3, -0.25) is 18.7 Å². The number of hydrogen-bond donors (Lipinski definition) is 0. The molecule has 22 heavy (non-hydrogen) atoms. The molecule has 0 N–H and O–H groups in total. The van der Waals surface area contributed by atoms with Crippen LogP contribution in [0.4, 0.5) is 0 Å². The van der Waals surface area contributed by atoms with E-state index in [1.54, 1.807) is 27.8 Å². The molecule has 0 aromatic carbocycles. The average Bonchev–Trinajstić information content (AvgIpc) is 2.69. The molecule has 0 saturated heterocycles. The average molecular weight is 308 g/mol. The molecule has 0 aliphatic carbocycles. The molecule has 0 atom stereocenters. The smallest absolute Gasteiger partial charge is 0.332 e. The van der Waals surface area contributed by atoms with Crippen LogP contribution >= 0.6 is 0 Å². The van der Waals surface area contributed by atoms with Crippen molar-refractivity contribution in [3.8, 4) is 0 Å². The monoisotopic (exact) mass is 308 g/mol. The van der Waals surface area contributed by atoms with Gasteiger partial charge in [-0.05, 0) is 20.8 Å². The molecule has 0 spiro atoms. The summed E-state index contributed by atoms with van der Waals surface area (Å²) >= 11 is 0. The number of fused-ring (bicyclic) bond motifs is 1. The molecule has 0 unspecified atom stereocenters. The molecule has 0 saturated carbocycles. The Bertz CT molecular complexity index is 864. The summed E-state index contributed by atoms with van der Waals surface area (Å²) in [5.41, 5.74) is -0.953. The Kier molecular flexibility index (Phi) is 3.72. The Balaban J connectivity index is 2.55. The second-order valence-electron chi connectivity index (χ2n) is 6.23. The van der Waals surface area contributed by atoms with Gasteiger partial charge in [0.25, 0.3) is 5.56 Å². The Hall–Kier alpha value is -2.38. The lowest BCUT2D eigenvalue weighted by Crippen LogP contribution is -2.37. The van der Waals surface area contributed by atoms with Crippen LogP contribution in [0.1, 0.15) is 26.6 Å². The molecule has 0 aliphatic rings. The Morgan fingerprint density at radius 1 is 1.09 bits per heavy atom. The van der Waals surface area contributed by atoms with E-state index in [0.717, 1.165) is 4.57 Å². The van der Waals surface area contributed by atoms with Gasteiger partial charge < -0.3 is 9.30 Å². The van der Waals surface area contributed by atoms with Crippen LogP contribution in [0, 0.1) is 0 Å². The fourth-order valence-corrected chi connectivity index (χ4v) is 2.23. The zero-order valence-electron chi connectivity index (χ0n) is 13.6. The van der Waals surface area contributed by atoms with E-state index in [1.165, 1.54) is 23.2 Å². The molecule has 2 aromatic heterocycles. The van der Waals surface area contributed by atoms with E-state index in [0.29, 0.717) is 5.82 Å². The second-order valence-corrected chi connectivity index (χ2v) is 6.23. The number of aryl methyl sites for hydroxylation is 2. The summed E-state index contributed by atoms with van der Waals surface area (Å²) < 4.78 is 9.09. The van der Waals surface area contributed by atoms with E-state index in [4.69, 9.17) is 4.74 Å². The molecule has 0 amide bonds. The normalized spacial score (nSPS) is 11.9. The predicted octanol–water partition coefficient (Wildman–Crippen LogP) is -0.145. The van der Waals surface area contributed by atoms with E-state index in [-0.39, 0.29) is 17.6 Å². The summed E-state index contributed by atoms with van der Waals surface area (Å²) in [5, 5.41) is 0. The van der Waals surface area contributed by atoms with Crippen LogP contribution in [-0.2, 0) is 37.1 Å². The van der Waals surface area contributed by atoms with Gasteiger partial charge in [-0.15, -0.1) is 0 Å². The first-order chi connectivity index (χ1) is 10.0. The molecular formula is C14H20N4O4. The number of carbonyl (C=O) groups excluding carboxylic acids is 1. The predicted molar refractivity (Wildman–Crippen MR) is 80.7 cm³/mol. The maximum atomic E-state index is 12.2. The molecule has 2 aromatic rings. The Labute approximate surface area is 126 Å². The number of aromatic nitrogens is 4. The summed E-state index contributed by atoms with van der Waals surface area (Å²) in [6, 6.07) is 0. The maximum absolute atomic E-state index is 12.2. The quantitative estimate of drug-likeness (QED) is 0.720. The van der Waals surface area contributed by atoms with Crippen molar-refractivity contribution in [1.82, 2.24) is 18.7 Å². The molecule has 0 fully saturated rings. The first-order valence-corrected chi connectivity index (χ1v) is 6.86. The Morgan fingerprint density at radius 2 is 1.68 bits per heavy atom. The third-order valence-electron chi connectivity index (χ3n) is 3.29. The number of imidazole rings is 1. The third kappa shape index (κ3) is 2.68. The second kappa shape index (κ2) is 5.11. The molecule has 0 aliphatic heterocycles. The van der Waals surface area contributed by atoms with Crippen molar-refractivity contribution >= 4 is 17.1 Å². The highest BCUT2D eigenvalue weighted by Crippen LogP contribution is 2.12. The van der Waals surface area contributed by atoms with Gasteiger partial charge in [0.15, 0.2) is 11.2 Å². The van der Waals surface area contributed by atoms with Crippen LogP contribution in [0.25, 0.3) is 11.2 Å². The minimum absolute atomic E-state index is 0.0696. The summed E-state index contributed by atoms with van der Waals surface area (Å²) in [6.07, 6.45) is -0.0696. The van der Waals surface area contributed by atoms with Crippen LogP contribution in [0.5, 0.6) is 0 Å². The fraction of sp³-hybridized carbons (Fsp3) is 0.571. The summed E-state index contributed by atoms with van der Waals surface area (Å²) in [6.45, 7) is 5.33. The largest absolute Gasteiger partial charge is 0.460 e. The third-order valence-corrected chi connectivity index (χ3v) is 3.29. The highest BCUT2D eigenvalue weighted by atomic mass is 16.6. The van der Waals surface area contributed by atoms with Crippen LogP contribution in [-0.4, -0.2) is 30.3 Å². The minimum atomic E-state index is -0.593. The van der Waals surface area contributed by atoms with Crippen molar-refractivity contribution < 1.29 is 9.53 Å². The van der Waals surface area contributed by atoms with Gasteiger partial charge in [0.2, 0.25) is 0 Å². The van der Waals surface area contributed by atoms with Crippen molar-refractivity contribution in [3.63, 3.8) is 0 Å². The van der Waals surface area contributed by atoms with E-state index >= 15 is 0 Å². The fourth-order valence-electron chi connectivity index (χ4n) is 2.23. The number of hydrogen-bond acceptors (Lipinski definition) is 5. The highest BCUT2D eigenvalue weighted by Gasteiger charge is 2.21. The van der Waals surface area contributed by atoms with Gasteiger partial charge in [-0.1, -0.05) is 0 Å². The van der Waals surface area contributed by atoms with E-state index < -0.39 is 22.8 Å². The van der Waals surface area contributed by atoms with Crippen molar-refractivity contribution in [3.05, 3.63) is 26.7 Å². The molecule has 2 heterocycles.